The van der Waals surface area contributed by atoms with Crippen LogP contribution >= 0.6 is 0 Å². The van der Waals surface area contributed by atoms with Crippen LogP contribution in [0.2, 0.25) is 0 Å². The third-order valence-corrected chi connectivity index (χ3v) is 2.72. The average Bonchev–Trinajstić information content (AvgIpc) is 2.51. The summed E-state index contributed by atoms with van der Waals surface area (Å²) in [6.07, 6.45) is 0.136. The molecule has 2 amide bonds. The first-order valence-corrected chi connectivity index (χ1v) is 6.56. The highest BCUT2D eigenvalue weighted by atomic mass is 16.3. The fourth-order valence-corrected chi connectivity index (χ4v) is 1.54. The summed E-state index contributed by atoms with van der Waals surface area (Å²) in [5.74, 6) is -1.06. The molecule has 0 saturated heterocycles. The lowest BCUT2D eigenvalue weighted by molar-refractivity contribution is -0.126. The molecular formula is C15H17N3O4. The van der Waals surface area contributed by atoms with Crippen molar-refractivity contribution in [2.24, 2.45) is 5.18 Å². The summed E-state index contributed by atoms with van der Waals surface area (Å²) in [5, 5.41) is 7.55. The molecule has 0 aliphatic rings. The van der Waals surface area contributed by atoms with Crippen LogP contribution in [0, 0.1) is 4.91 Å². The van der Waals surface area contributed by atoms with Gasteiger partial charge in [-0.2, -0.15) is 0 Å². The number of nitrogens with one attached hydrogen (secondary N) is 2. The van der Waals surface area contributed by atoms with Crippen molar-refractivity contribution in [1.29, 1.82) is 0 Å². The molecule has 1 aromatic carbocycles. The number of hydrogen-bond acceptors (Lipinski definition) is 5. The second-order valence-corrected chi connectivity index (χ2v) is 4.71. The number of nitroso groups, excluding NO2 is 1. The molecule has 0 spiro atoms. The standard InChI is InChI=1S/C15H17N3O4/c1-10(2)15(21)17-9-14(20)16-8-13(19)7-11-3-5-12(18-22)6-4-11/h3-6H,1,7-9H2,2H3,(H,16,20)(H,17,21). The maximum Gasteiger partial charge on any atom is 0.246 e. The highest BCUT2D eigenvalue weighted by Gasteiger charge is 2.08. The maximum atomic E-state index is 11.7. The second-order valence-electron chi connectivity index (χ2n) is 4.71. The molecule has 0 saturated carbocycles. The minimum atomic E-state index is -0.455. The van der Waals surface area contributed by atoms with Gasteiger partial charge in [0.15, 0.2) is 5.78 Å². The minimum Gasteiger partial charge on any atom is -0.347 e. The zero-order valence-electron chi connectivity index (χ0n) is 12.2. The molecule has 0 radical (unpaired) electrons. The molecular weight excluding hydrogens is 286 g/mol. The normalized spacial score (nSPS) is 9.68. The quantitative estimate of drug-likeness (QED) is 0.552. The van der Waals surface area contributed by atoms with E-state index in [9.17, 15) is 19.3 Å². The van der Waals surface area contributed by atoms with Crippen LogP contribution in [0.15, 0.2) is 41.6 Å². The lowest BCUT2D eigenvalue weighted by atomic mass is 10.1. The number of carbonyl (C=O) groups is 3. The van der Waals surface area contributed by atoms with Gasteiger partial charge in [0.2, 0.25) is 11.8 Å². The molecule has 0 fully saturated rings. The van der Waals surface area contributed by atoms with Gasteiger partial charge >= 0.3 is 0 Å². The summed E-state index contributed by atoms with van der Waals surface area (Å²) in [6, 6.07) is 6.29. The van der Waals surface area contributed by atoms with Gasteiger partial charge in [0.25, 0.3) is 0 Å². The van der Waals surface area contributed by atoms with E-state index in [-0.39, 0.29) is 31.0 Å². The van der Waals surface area contributed by atoms with Crippen molar-refractivity contribution < 1.29 is 14.4 Å². The largest absolute Gasteiger partial charge is 0.347 e. The van der Waals surface area contributed by atoms with Crippen LogP contribution in [0.5, 0.6) is 0 Å². The molecule has 0 aliphatic heterocycles. The molecule has 116 valence electrons. The van der Waals surface area contributed by atoms with E-state index in [0.717, 1.165) is 5.56 Å². The zero-order chi connectivity index (χ0) is 16.5. The van der Waals surface area contributed by atoms with E-state index in [2.05, 4.69) is 22.4 Å². The molecule has 1 rings (SSSR count). The highest BCUT2D eigenvalue weighted by molar-refractivity contribution is 5.95. The van der Waals surface area contributed by atoms with Crippen LogP contribution < -0.4 is 10.6 Å². The van der Waals surface area contributed by atoms with E-state index in [1.54, 1.807) is 12.1 Å². The van der Waals surface area contributed by atoms with Crippen LogP contribution in [-0.2, 0) is 20.8 Å². The van der Waals surface area contributed by atoms with Gasteiger partial charge in [-0.1, -0.05) is 18.7 Å². The van der Waals surface area contributed by atoms with Gasteiger partial charge in [-0.05, 0) is 29.8 Å². The number of hydrogen-bond donors (Lipinski definition) is 2. The topological polar surface area (TPSA) is 105 Å². The Morgan fingerprint density at radius 2 is 1.73 bits per heavy atom. The molecule has 0 aromatic heterocycles. The average molecular weight is 303 g/mol. The molecule has 0 aliphatic carbocycles. The van der Waals surface area contributed by atoms with E-state index < -0.39 is 11.8 Å². The molecule has 22 heavy (non-hydrogen) atoms. The van der Waals surface area contributed by atoms with E-state index in [0.29, 0.717) is 5.57 Å². The van der Waals surface area contributed by atoms with Crippen molar-refractivity contribution in [3.63, 3.8) is 0 Å². The number of ketones is 1. The second kappa shape index (κ2) is 8.46. The van der Waals surface area contributed by atoms with Gasteiger partial charge < -0.3 is 10.6 Å². The van der Waals surface area contributed by atoms with Crippen LogP contribution in [0.4, 0.5) is 5.69 Å². The Labute approximate surface area is 127 Å². The third-order valence-electron chi connectivity index (χ3n) is 2.72. The lowest BCUT2D eigenvalue weighted by Crippen LogP contribution is -2.39. The van der Waals surface area contributed by atoms with Gasteiger partial charge in [0, 0.05) is 12.0 Å². The fraction of sp³-hybridized carbons (Fsp3) is 0.267. The third kappa shape index (κ3) is 6.08. The smallest absolute Gasteiger partial charge is 0.246 e. The maximum absolute atomic E-state index is 11.7. The summed E-state index contributed by atoms with van der Waals surface area (Å²) >= 11 is 0. The van der Waals surface area contributed by atoms with Crippen LogP contribution in [-0.4, -0.2) is 30.7 Å². The molecule has 2 N–H and O–H groups in total. The van der Waals surface area contributed by atoms with Gasteiger partial charge in [0.1, 0.15) is 5.69 Å². The Morgan fingerprint density at radius 3 is 2.27 bits per heavy atom. The molecule has 0 unspecified atom stereocenters. The minimum absolute atomic E-state index is 0.130. The molecule has 0 heterocycles. The Bertz CT molecular complexity index is 593. The molecule has 7 heteroatoms. The Kier molecular flexibility index (Phi) is 6.62. The first-order chi connectivity index (χ1) is 10.4. The predicted molar refractivity (Wildman–Crippen MR) is 81.4 cm³/mol. The number of amides is 2. The SMILES string of the molecule is C=C(C)C(=O)NCC(=O)NCC(=O)Cc1ccc(N=O)cc1. The summed E-state index contributed by atoms with van der Waals surface area (Å²) < 4.78 is 0. The van der Waals surface area contributed by atoms with Gasteiger partial charge in [0.05, 0.1) is 13.1 Å². The Balaban J connectivity index is 2.32. The van der Waals surface area contributed by atoms with Crippen molar-refractivity contribution in [2.45, 2.75) is 13.3 Å². The van der Waals surface area contributed by atoms with Crippen molar-refractivity contribution >= 4 is 23.3 Å². The molecule has 0 bridgehead atoms. The monoisotopic (exact) mass is 303 g/mol. The summed E-state index contributed by atoms with van der Waals surface area (Å²) in [6.45, 7) is 4.63. The Morgan fingerprint density at radius 1 is 1.09 bits per heavy atom. The van der Waals surface area contributed by atoms with Gasteiger partial charge in [-0.3, -0.25) is 14.4 Å². The van der Waals surface area contributed by atoms with Crippen LogP contribution in [0.25, 0.3) is 0 Å². The summed E-state index contributed by atoms with van der Waals surface area (Å²) in [7, 11) is 0. The van der Waals surface area contributed by atoms with Crippen molar-refractivity contribution in [3.8, 4) is 0 Å². The van der Waals surface area contributed by atoms with E-state index in [1.165, 1.54) is 19.1 Å². The highest BCUT2D eigenvalue weighted by Crippen LogP contribution is 2.12. The van der Waals surface area contributed by atoms with E-state index in [4.69, 9.17) is 0 Å². The summed E-state index contributed by atoms with van der Waals surface area (Å²) in [4.78, 5) is 44.6. The predicted octanol–water partition coefficient (Wildman–Crippen LogP) is 1.00. The Hall–Kier alpha value is -2.83. The molecule has 0 atom stereocenters. The first kappa shape index (κ1) is 17.2. The van der Waals surface area contributed by atoms with Gasteiger partial charge in [-0.25, -0.2) is 0 Å². The van der Waals surface area contributed by atoms with E-state index >= 15 is 0 Å². The van der Waals surface area contributed by atoms with Crippen LogP contribution in [0.3, 0.4) is 0 Å². The van der Waals surface area contributed by atoms with Crippen molar-refractivity contribution in [3.05, 3.63) is 46.9 Å². The van der Waals surface area contributed by atoms with Crippen LogP contribution in [0.1, 0.15) is 12.5 Å². The van der Waals surface area contributed by atoms with Crippen molar-refractivity contribution in [1.82, 2.24) is 10.6 Å². The number of carbonyl (C=O) groups excluding carboxylic acids is 3. The number of rotatable bonds is 8. The summed E-state index contributed by atoms with van der Waals surface area (Å²) in [5.41, 5.74) is 1.32. The first-order valence-electron chi connectivity index (χ1n) is 6.56. The van der Waals surface area contributed by atoms with Crippen molar-refractivity contribution in [2.75, 3.05) is 13.1 Å². The molecule has 7 nitrogen and oxygen atoms in total. The number of benzene rings is 1. The number of Topliss-reactive ketones (excluding diaryl/α,β-unsaturated/α-hetero) is 1. The van der Waals surface area contributed by atoms with E-state index in [1.807, 2.05) is 0 Å². The zero-order valence-corrected chi connectivity index (χ0v) is 12.2. The lowest BCUT2D eigenvalue weighted by Gasteiger charge is -2.06. The molecule has 1 aromatic rings. The number of nitrogens with zero attached hydrogens (tertiary/aromatic N) is 1. The fourth-order valence-electron chi connectivity index (χ4n) is 1.54. The van der Waals surface area contributed by atoms with Gasteiger partial charge in [-0.15, -0.1) is 4.91 Å².